The summed E-state index contributed by atoms with van der Waals surface area (Å²) in [6.07, 6.45) is -0.0568. The van der Waals surface area contributed by atoms with Gasteiger partial charge >= 0.3 is 0 Å². The van der Waals surface area contributed by atoms with Crippen LogP contribution in [0.25, 0.3) is 10.8 Å². The average molecular weight is 486 g/mol. The second kappa shape index (κ2) is 13.4. The van der Waals surface area contributed by atoms with Crippen molar-refractivity contribution in [3.8, 4) is 0 Å². The van der Waals surface area contributed by atoms with Crippen molar-refractivity contribution in [1.29, 1.82) is 0 Å². The first-order chi connectivity index (χ1) is 16.7. The molecule has 4 amide bonds. The van der Waals surface area contributed by atoms with Gasteiger partial charge in [0.2, 0.25) is 23.6 Å². The van der Waals surface area contributed by atoms with Crippen molar-refractivity contribution in [3.63, 3.8) is 0 Å². The number of hydrogen-bond acceptors (Lipinski definition) is 6. The van der Waals surface area contributed by atoms with E-state index in [1.807, 2.05) is 42.5 Å². The normalized spacial score (nSPS) is 13.5. The van der Waals surface area contributed by atoms with E-state index in [-0.39, 0.29) is 37.8 Å². The molecule has 10 heteroatoms. The predicted molar refractivity (Wildman–Crippen MR) is 132 cm³/mol. The standard InChI is InChI=1S/C25H35N5O5/c1-15(2)20(14-22(31)30-35)24(33)29-21(25(34)28-16(3)23(32)27-11-10-26)13-17-8-9-18-6-4-5-7-19(18)12-17/h4-9,12,15-16,20-21,35H,10-11,13-14,26H2,1-3H3,(H,27,32)(H,28,34)(H,29,33)(H,30,31)/t16-,20+,21-/m0/s1. The smallest absolute Gasteiger partial charge is 0.244 e. The summed E-state index contributed by atoms with van der Waals surface area (Å²) in [7, 11) is 0. The second-order valence-electron chi connectivity index (χ2n) is 8.85. The van der Waals surface area contributed by atoms with Gasteiger partial charge in [-0.3, -0.25) is 24.4 Å². The Bertz CT molecular complexity index is 1040. The fraction of sp³-hybridized carbons (Fsp3) is 0.440. The summed E-state index contributed by atoms with van der Waals surface area (Å²) in [6, 6.07) is 11.7. The van der Waals surface area contributed by atoms with Gasteiger partial charge in [0, 0.05) is 31.8 Å². The lowest BCUT2D eigenvalue weighted by Gasteiger charge is -2.25. The van der Waals surface area contributed by atoms with Gasteiger partial charge in [-0.2, -0.15) is 0 Å². The van der Waals surface area contributed by atoms with E-state index < -0.39 is 35.7 Å². The van der Waals surface area contributed by atoms with Crippen molar-refractivity contribution in [2.24, 2.45) is 17.6 Å². The van der Waals surface area contributed by atoms with E-state index in [9.17, 15) is 19.2 Å². The summed E-state index contributed by atoms with van der Waals surface area (Å²) >= 11 is 0. The quantitative estimate of drug-likeness (QED) is 0.191. The Morgan fingerprint density at radius 3 is 2.23 bits per heavy atom. The molecule has 0 spiro atoms. The Labute approximate surface area is 205 Å². The second-order valence-corrected chi connectivity index (χ2v) is 8.85. The maximum atomic E-state index is 13.2. The SMILES string of the molecule is CC(C)[C@@H](CC(=O)NO)C(=O)N[C@@H](Cc1ccc2ccccc2c1)C(=O)N[C@@H](C)C(=O)NCCN. The number of carbonyl (C=O) groups excluding carboxylic acids is 4. The number of benzene rings is 2. The predicted octanol–water partition coefficient (Wildman–Crippen LogP) is 0.614. The molecule has 0 bridgehead atoms. The third-order valence-corrected chi connectivity index (χ3v) is 5.75. The molecule has 0 saturated heterocycles. The minimum atomic E-state index is -0.994. The van der Waals surface area contributed by atoms with Crippen molar-refractivity contribution in [1.82, 2.24) is 21.4 Å². The molecular formula is C25H35N5O5. The maximum Gasteiger partial charge on any atom is 0.244 e. The van der Waals surface area contributed by atoms with Crippen LogP contribution in [0.2, 0.25) is 0 Å². The van der Waals surface area contributed by atoms with Crippen molar-refractivity contribution >= 4 is 34.4 Å². The molecule has 0 fully saturated rings. The lowest BCUT2D eigenvalue weighted by molar-refractivity contribution is -0.137. The van der Waals surface area contributed by atoms with Gasteiger partial charge in [0.05, 0.1) is 0 Å². The molecule has 190 valence electrons. The first kappa shape index (κ1) is 27.7. The summed E-state index contributed by atoms with van der Waals surface area (Å²) in [5.41, 5.74) is 7.77. The third-order valence-electron chi connectivity index (χ3n) is 5.75. The molecule has 35 heavy (non-hydrogen) atoms. The van der Waals surface area contributed by atoms with E-state index in [0.717, 1.165) is 16.3 Å². The van der Waals surface area contributed by atoms with Crippen LogP contribution in [0.4, 0.5) is 0 Å². The molecule has 0 aliphatic carbocycles. The summed E-state index contributed by atoms with van der Waals surface area (Å²) < 4.78 is 0. The van der Waals surface area contributed by atoms with Crippen LogP contribution in [-0.4, -0.2) is 54.0 Å². The average Bonchev–Trinajstić information content (AvgIpc) is 2.84. The highest BCUT2D eigenvalue weighted by molar-refractivity contribution is 5.93. The molecule has 0 aliphatic heterocycles. The van der Waals surface area contributed by atoms with Crippen molar-refractivity contribution in [3.05, 3.63) is 48.0 Å². The number of amides is 4. The van der Waals surface area contributed by atoms with Crippen molar-refractivity contribution in [2.75, 3.05) is 13.1 Å². The number of fused-ring (bicyclic) bond motifs is 1. The van der Waals surface area contributed by atoms with Crippen LogP contribution in [0.15, 0.2) is 42.5 Å². The van der Waals surface area contributed by atoms with Gasteiger partial charge in [-0.05, 0) is 29.2 Å². The fourth-order valence-electron chi connectivity index (χ4n) is 3.69. The Morgan fingerprint density at radius 2 is 1.60 bits per heavy atom. The van der Waals surface area contributed by atoms with Gasteiger partial charge < -0.3 is 21.7 Å². The molecule has 7 N–H and O–H groups in total. The van der Waals surface area contributed by atoms with Crippen molar-refractivity contribution < 1.29 is 24.4 Å². The zero-order valence-corrected chi connectivity index (χ0v) is 20.3. The summed E-state index contributed by atoms with van der Waals surface area (Å²) in [5, 5.41) is 18.9. The Balaban J connectivity index is 2.25. The Kier molecular flexibility index (Phi) is 10.6. The van der Waals surface area contributed by atoms with Crippen LogP contribution >= 0.6 is 0 Å². The number of carbonyl (C=O) groups is 4. The molecule has 0 heterocycles. The van der Waals surface area contributed by atoms with Gasteiger partial charge in [0.25, 0.3) is 0 Å². The first-order valence-electron chi connectivity index (χ1n) is 11.6. The highest BCUT2D eigenvalue weighted by Gasteiger charge is 2.30. The molecule has 0 saturated carbocycles. The fourth-order valence-corrected chi connectivity index (χ4v) is 3.69. The third kappa shape index (κ3) is 8.34. The summed E-state index contributed by atoms with van der Waals surface area (Å²) in [4.78, 5) is 50.1. The monoisotopic (exact) mass is 485 g/mol. The Morgan fingerprint density at radius 1 is 0.914 bits per heavy atom. The zero-order chi connectivity index (χ0) is 26.0. The number of nitrogens with one attached hydrogen (secondary N) is 4. The first-order valence-corrected chi connectivity index (χ1v) is 11.6. The molecule has 10 nitrogen and oxygen atoms in total. The zero-order valence-electron chi connectivity index (χ0n) is 20.3. The molecule has 0 radical (unpaired) electrons. The van der Waals surface area contributed by atoms with E-state index in [1.54, 1.807) is 26.3 Å². The topological polar surface area (TPSA) is 163 Å². The van der Waals surface area contributed by atoms with Gasteiger partial charge in [-0.1, -0.05) is 56.3 Å². The van der Waals surface area contributed by atoms with E-state index in [2.05, 4.69) is 16.0 Å². The number of hydrogen-bond donors (Lipinski definition) is 6. The molecule has 2 aromatic carbocycles. The van der Waals surface area contributed by atoms with Crippen LogP contribution in [0.5, 0.6) is 0 Å². The molecule has 0 aliphatic rings. The molecule has 0 unspecified atom stereocenters. The van der Waals surface area contributed by atoms with Crippen molar-refractivity contribution in [2.45, 2.75) is 45.7 Å². The van der Waals surface area contributed by atoms with E-state index in [4.69, 9.17) is 10.9 Å². The lowest BCUT2D eigenvalue weighted by atomic mass is 9.90. The molecule has 2 rings (SSSR count). The van der Waals surface area contributed by atoms with Crippen LogP contribution in [-0.2, 0) is 25.6 Å². The number of nitrogens with two attached hydrogens (primary N) is 1. The molecular weight excluding hydrogens is 450 g/mol. The highest BCUT2D eigenvalue weighted by atomic mass is 16.5. The summed E-state index contributed by atoms with van der Waals surface area (Å²) in [6.45, 7) is 5.64. The van der Waals surface area contributed by atoms with Crippen LogP contribution in [0.1, 0.15) is 32.8 Å². The highest BCUT2D eigenvalue weighted by Crippen LogP contribution is 2.19. The van der Waals surface area contributed by atoms with E-state index in [0.29, 0.717) is 0 Å². The van der Waals surface area contributed by atoms with Crippen LogP contribution in [0.3, 0.4) is 0 Å². The van der Waals surface area contributed by atoms with Crippen LogP contribution < -0.4 is 27.2 Å². The molecule has 2 aromatic rings. The largest absolute Gasteiger partial charge is 0.353 e. The van der Waals surface area contributed by atoms with Crippen LogP contribution in [0, 0.1) is 11.8 Å². The summed E-state index contributed by atoms with van der Waals surface area (Å²) in [5.74, 6) is -3.10. The molecule has 3 atom stereocenters. The number of hydroxylamine groups is 1. The van der Waals surface area contributed by atoms with Gasteiger partial charge in [-0.15, -0.1) is 0 Å². The maximum absolute atomic E-state index is 13.2. The molecule has 0 aromatic heterocycles. The van der Waals surface area contributed by atoms with Gasteiger partial charge in [-0.25, -0.2) is 5.48 Å². The lowest BCUT2D eigenvalue weighted by Crippen LogP contribution is -2.55. The number of rotatable bonds is 12. The van der Waals surface area contributed by atoms with Gasteiger partial charge in [0.1, 0.15) is 12.1 Å². The van der Waals surface area contributed by atoms with E-state index in [1.165, 1.54) is 0 Å². The van der Waals surface area contributed by atoms with Gasteiger partial charge in [0.15, 0.2) is 0 Å². The van der Waals surface area contributed by atoms with E-state index >= 15 is 0 Å². The minimum absolute atomic E-state index is 0.177. The minimum Gasteiger partial charge on any atom is -0.353 e. The Hall–Kier alpha value is -3.50.